The standard InChI is InChI=1S/C29H27N3O4/c1-19-15-21(24-9-5-6-10-26(24)30-19)18-36-23-13-11-20(12-14-23)16-29(17-25(29)27(33)32-35)28(34)31-22-7-3-2-4-8-22/h2-15,25,35H,16-18H2,1H3,(H,31,34)(H,32,33). The van der Waals surface area contributed by atoms with E-state index in [4.69, 9.17) is 9.94 Å². The van der Waals surface area contributed by atoms with Crippen LogP contribution in [0.25, 0.3) is 10.9 Å². The summed E-state index contributed by atoms with van der Waals surface area (Å²) in [7, 11) is 0. The smallest absolute Gasteiger partial charge is 0.247 e. The summed E-state index contributed by atoms with van der Waals surface area (Å²) in [5, 5.41) is 13.1. The molecule has 0 aliphatic heterocycles. The van der Waals surface area contributed by atoms with Crippen molar-refractivity contribution in [3.8, 4) is 5.75 Å². The molecule has 4 aromatic rings. The summed E-state index contributed by atoms with van der Waals surface area (Å²) in [6.07, 6.45) is 0.739. The molecule has 0 bridgehead atoms. The molecule has 2 amide bonds. The molecule has 2 unspecified atom stereocenters. The van der Waals surface area contributed by atoms with Gasteiger partial charge in [-0.3, -0.25) is 19.8 Å². The molecule has 5 rings (SSSR count). The van der Waals surface area contributed by atoms with Crippen LogP contribution in [-0.4, -0.2) is 22.0 Å². The second-order valence-electron chi connectivity index (χ2n) is 9.26. The predicted molar refractivity (Wildman–Crippen MR) is 136 cm³/mol. The van der Waals surface area contributed by atoms with Gasteiger partial charge in [-0.1, -0.05) is 48.5 Å². The Hall–Kier alpha value is -4.23. The van der Waals surface area contributed by atoms with Crippen LogP contribution in [0.1, 0.15) is 23.2 Å². The number of nitrogens with one attached hydrogen (secondary N) is 2. The van der Waals surface area contributed by atoms with Crippen molar-refractivity contribution in [2.45, 2.75) is 26.4 Å². The number of rotatable bonds is 8. The maximum Gasteiger partial charge on any atom is 0.247 e. The minimum atomic E-state index is -0.918. The van der Waals surface area contributed by atoms with Gasteiger partial charge in [0.2, 0.25) is 11.8 Å². The Morgan fingerprint density at radius 1 is 1.03 bits per heavy atom. The molecule has 36 heavy (non-hydrogen) atoms. The number of fused-ring (bicyclic) bond motifs is 1. The highest BCUT2D eigenvalue weighted by Crippen LogP contribution is 2.55. The van der Waals surface area contributed by atoms with E-state index >= 15 is 0 Å². The Bertz CT molecular complexity index is 1410. The first kappa shape index (κ1) is 23.5. The van der Waals surface area contributed by atoms with E-state index < -0.39 is 17.2 Å². The zero-order valence-electron chi connectivity index (χ0n) is 19.9. The van der Waals surface area contributed by atoms with E-state index in [1.807, 2.05) is 79.7 Å². The van der Waals surface area contributed by atoms with E-state index in [1.54, 1.807) is 17.6 Å². The highest BCUT2D eigenvalue weighted by atomic mass is 16.5. The van der Waals surface area contributed by atoms with Gasteiger partial charge in [-0.15, -0.1) is 0 Å². The topological polar surface area (TPSA) is 101 Å². The molecule has 3 aromatic carbocycles. The van der Waals surface area contributed by atoms with Gasteiger partial charge in [0.05, 0.1) is 16.8 Å². The Labute approximate surface area is 209 Å². The van der Waals surface area contributed by atoms with Crippen molar-refractivity contribution in [3.63, 3.8) is 0 Å². The molecule has 7 heteroatoms. The fourth-order valence-electron chi connectivity index (χ4n) is 4.77. The lowest BCUT2D eigenvalue weighted by molar-refractivity contribution is -0.133. The lowest BCUT2D eigenvalue weighted by Crippen LogP contribution is -2.33. The number of hydroxylamine groups is 1. The number of aromatic nitrogens is 1. The normalized spacial score (nSPS) is 18.4. The van der Waals surface area contributed by atoms with Gasteiger partial charge in [0.1, 0.15) is 12.4 Å². The molecular formula is C29H27N3O4. The summed E-state index contributed by atoms with van der Waals surface area (Å²) in [4.78, 5) is 29.9. The number of anilines is 1. The van der Waals surface area contributed by atoms with E-state index in [0.29, 0.717) is 30.9 Å². The molecule has 0 radical (unpaired) electrons. The minimum absolute atomic E-state index is 0.234. The third-order valence-corrected chi connectivity index (χ3v) is 6.75. The summed E-state index contributed by atoms with van der Waals surface area (Å²) in [5.74, 6) is -0.661. The number of aryl methyl sites for hydroxylation is 1. The highest BCUT2D eigenvalue weighted by molar-refractivity contribution is 6.02. The lowest BCUT2D eigenvalue weighted by Gasteiger charge is -2.18. The fourth-order valence-corrected chi connectivity index (χ4v) is 4.77. The molecule has 1 fully saturated rings. The Morgan fingerprint density at radius 2 is 1.75 bits per heavy atom. The van der Waals surface area contributed by atoms with Crippen LogP contribution in [0.2, 0.25) is 0 Å². The maximum atomic E-state index is 13.2. The molecule has 0 spiro atoms. The van der Waals surface area contributed by atoms with Crippen LogP contribution in [0.3, 0.4) is 0 Å². The number of hydrogen-bond donors (Lipinski definition) is 3. The minimum Gasteiger partial charge on any atom is -0.489 e. The van der Waals surface area contributed by atoms with Crippen LogP contribution < -0.4 is 15.5 Å². The van der Waals surface area contributed by atoms with Crippen LogP contribution in [0.15, 0.2) is 84.9 Å². The quantitative estimate of drug-likeness (QED) is 0.248. The molecule has 1 saturated carbocycles. The van der Waals surface area contributed by atoms with Crippen LogP contribution in [0.5, 0.6) is 5.75 Å². The number of amides is 2. The molecule has 0 saturated heterocycles. The van der Waals surface area contributed by atoms with E-state index in [1.165, 1.54) is 0 Å². The van der Waals surface area contributed by atoms with E-state index in [2.05, 4.69) is 10.3 Å². The summed E-state index contributed by atoms with van der Waals surface area (Å²) < 4.78 is 6.05. The first-order chi connectivity index (χ1) is 17.5. The van der Waals surface area contributed by atoms with Crippen molar-refractivity contribution in [1.29, 1.82) is 0 Å². The Balaban J connectivity index is 1.29. The van der Waals surface area contributed by atoms with Gasteiger partial charge in [-0.2, -0.15) is 0 Å². The average Bonchev–Trinajstić information content (AvgIpc) is 3.63. The molecule has 1 heterocycles. The van der Waals surface area contributed by atoms with Crippen molar-refractivity contribution in [3.05, 3.63) is 102 Å². The number of nitrogens with zero attached hydrogens (tertiary/aromatic N) is 1. The van der Waals surface area contributed by atoms with E-state index in [9.17, 15) is 9.59 Å². The van der Waals surface area contributed by atoms with Crippen LogP contribution in [0, 0.1) is 18.3 Å². The molecule has 1 aromatic heterocycles. The Kier molecular flexibility index (Phi) is 6.40. The zero-order chi connectivity index (χ0) is 25.1. The van der Waals surface area contributed by atoms with Crippen LogP contribution >= 0.6 is 0 Å². The van der Waals surface area contributed by atoms with E-state index in [-0.39, 0.29) is 5.91 Å². The Morgan fingerprint density at radius 3 is 2.50 bits per heavy atom. The van der Waals surface area contributed by atoms with Crippen molar-refractivity contribution < 1.29 is 19.5 Å². The van der Waals surface area contributed by atoms with Gasteiger partial charge in [0.25, 0.3) is 0 Å². The van der Waals surface area contributed by atoms with Crippen LogP contribution in [-0.2, 0) is 22.6 Å². The molecule has 1 aliphatic carbocycles. The van der Waals surface area contributed by atoms with Gasteiger partial charge >= 0.3 is 0 Å². The van der Waals surface area contributed by atoms with Crippen molar-refractivity contribution in [2.24, 2.45) is 11.3 Å². The lowest BCUT2D eigenvalue weighted by atomic mass is 9.92. The number of para-hydroxylation sites is 2. The number of benzene rings is 3. The van der Waals surface area contributed by atoms with Gasteiger partial charge in [-0.25, -0.2) is 5.48 Å². The fraction of sp³-hybridized carbons (Fsp3) is 0.207. The summed E-state index contributed by atoms with van der Waals surface area (Å²) >= 11 is 0. The number of pyridine rings is 1. The summed E-state index contributed by atoms with van der Waals surface area (Å²) in [5.41, 5.74) is 5.30. The first-order valence-electron chi connectivity index (χ1n) is 11.9. The number of carbonyl (C=O) groups excluding carboxylic acids is 2. The van der Waals surface area contributed by atoms with Gasteiger partial charge in [-0.05, 0) is 61.7 Å². The average molecular weight is 482 g/mol. The third kappa shape index (κ3) is 4.78. The zero-order valence-corrected chi connectivity index (χ0v) is 19.9. The summed E-state index contributed by atoms with van der Waals surface area (Å²) in [6, 6.07) is 26.7. The SMILES string of the molecule is Cc1cc(COc2ccc(CC3(C(=O)Nc4ccccc4)CC3C(=O)NO)cc2)c2ccccc2n1. The molecule has 1 aliphatic rings. The largest absolute Gasteiger partial charge is 0.489 e. The molecule has 182 valence electrons. The second kappa shape index (κ2) is 9.79. The molecule has 7 nitrogen and oxygen atoms in total. The molecule has 2 atom stereocenters. The third-order valence-electron chi connectivity index (χ3n) is 6.75. The van der Waals surface area contributed by atoms with Gasteiger partial charge in [0.15, 0.2) is 0 Å². The van der Waals surface area contributed by atoms with Crippen molar-refractivity contribution >= 4 is 28.4 Å². The predicted octanol–water partition coefficient (Wildman–Crippen LogP) is 4.82. The number of carbonyl (C=O) groups is 2. The maximum absolute atomic E-state index is 13.2. The molecule has 3 N–H and O–H groups in total. The first-order valence-corrected chi connectivity index (χ1v) is 11.9. The van der Waals surface area contributed by atoms with Crippen LogP contribution in [0.4, 0.5) is 5.69 Å². The molecular weight excluding hydrogens is 454 g/mol. The summed E-state index contributed by atoms with van der Waals surface area (Å²) in [6.45, 7) is 2.38. The highest BCUT2D eigenvalue weighted by Gasteiger charge is 2.63. The monoisotopic (exact) mass is 481 g/mol. The van der Waals surface area contributed by atoms with Crippen molar-refractivity contribution in [2.75, 3.05) is 5.32 Å². The van der Waals surface area contributed by atoms with E-state index in [0.717, 1.165) is 27.7 Å². The van der Waals surface area contributed by atoms with Gasteiger partial charge in [0, 0.05) is 22.3 Å². The second-order valence-corrected chi connectivity index (χ2v) is 9.26. The number of ether oxygens (including phenoxy) is 1. The van der Waals surface area contributed by atoms with Crippen molar-refractivity contribution in [1.82, 2.24) is 10.5 Å². The van der Waals surface area contributed by atoms with Gasteiger partial charge < -0.3 is 10.1 Å². The number of hydrogen-bond acceptors (Lipinski definition) is 5.